The van der Waals surface area contributed by atoms with Crippen LogP contribution in [-0.4, -0.2) is 41.5 Å². The summed E-state index contributed by atoms with van der Waals surface area (Å²) in [5.74, 6) is -0.397. The van der Waals surface area contributed by atoms with Crippen LogP contribution in [0.4, 0.5) is 5.69 Å². The molecule has 0 spiro atoms. The van der Waals surface area contributed by atoms with Crippen LogP contribution in [0.25, 0.3) is 5.57 Å². The minimum absolute atomic E-state index is 0.0982. The summed E-state index contributed by atoms with van der Waals surface area (Å²) in [5, 5.41) is 11.5. The molecule has 1 aromatic heterocycles. The number of thiophene rings is 1. The first-order valence-corrected chi connectivity index (χ1v) is 10.5. The molecular weight excluding hydrogens is 372 g/mol. The van der Waals surface area contributed by atoms with Gasteiger partial charge in [0, 0.05) is 24.6 Å². The largest absolute Gasteiger partial charge is 0.396 e. The third-order valence-corrected chi connectivity index (χ3v) is 6.62. The average molecular weight is 397 g/mol. The first-order chi connectivity index (χ1) is 13.5. The molecule has 4 rings (SSSR count). The maximum atomic E-state index is 13.5. The third kappa shape index (κ3) is 3.06. The number of nitrogens with zero attached hydrogens (tertiary/aromatic N) is 2. The molecule has 28 heavy (non-hydrogen) atoms. The van der Waals surface area contributed by atoms with Gasteiger partial charge < -0.3 is 10.0 Å². The lowest BCUT2D eigenvalue weighted by Crippen LogP contribution is -2.40. The number of carbonyl (C=O) groups excluding carboxylic acids is 2. The van der Waals surface area contributed by atoms with Gasteiger partial charge >= 0.3 is 0 Å². The maximum absolute atomic E-state index is 13.5. The lowest BCUT2D eigenvalue weighted by molar-refractivity contribution is -0.120. The molecule has 3 heterocycles. The van der Waals surface area contributed by atoms with Gasteiger partial charge in [0.15, 0.2) is 0 Å². The predicted molar refractivity (Wildman–Crippen MR) is 111 cm³/mol. The number of likely N-dealkylation sites (tertiary alicyclic amines) is 1. The quantitative estimate of drug-likeness (QED) is 0.805. The number of anilines is 1. The Balaban J connectivity index is 1.81. The highest BCUT2D eigenvalue weighted by molar-refractivity contribution is 7.11. The number of imide groups is 1. The third-order valence-electron chi connectivity index (χ3n) is 5.74. The summed E-state index contributed by atoms with van der Waals surface area (Å²) in [6.45, 7) is 5.34. The van der Waals surface area contributed by atoms with Gasteiger partial charge in [-0.05, 0) is 61.2 Å². The normalized spacial score (nSPS) is 20.5. The van der Waals surface area contributed by atoms with Crippen molar-refractivity contribution in [3.05, 3.63) is 57.4 Å². The molecule has 6 heteroatoms. The fraction of sp³-hybridized carbons (Fsp3) is 0.364. The highest BCUT2D eigenvalue weighted by Crippen LogP contribution is 2.39. The molecule has 2 amide bonds. The predicted octanol–water partition coefficient (Wildman–Crippen LogP) is 3.35. The van der Waals surface area contributed by atoms with E-state index in [1.807, 2.05) is 54.5 Å². The van der Waals surface area contributed by atoms with E-state index in [0.717, 1.165) is 35.4 Å². The summed E-state index contributed by atoms with van der Waals surface area (Å²) in [7, 11) is 0. The van der Waals surface area contributed by atoms with Gasteiger partial charge in [-0.1, -0.05) is 18.2 Å². The van der Waals surface area contributed by atoms with Crippen LogP contribution >= 0.6 is 11.3 Å². The molecule has 2 aromatic rings. The molecule has 1 unspecified atom stereocenters. The van der Waals surface area contributed by atoms with E-state index < -0.39 is 0 Å². The molecule has 0 radical (unpaired) electrons. The van der Waals surface area contributed by atoms with E-state index in [1.165, 1.54) is 16.2 Å². The Labute approximate surface area is 168 Å². The number of amides is 2. The number of aryl methyl sites for hydroxylation is 1. The van der Waals surface area contributed by atoms with Crippen molar-refractivity contribution in [1.82, 2.24) is 4.90 Å². The number of aliphatic hydroxyl groups is 1. The maximum Gasteiger partial charge on any atom is 0.282 e. The average Bonchev–Trinajstić information content (AvgIpc) is 3.31. The standard InChI is InChI=1S/C22H24N2O3S/c1-14-6-3-8-17(15(14)2)24-21(26)19(18-9-5-11-28-18)20(22(24)27)23-10-4-7-16(12-23)13-25/h3,5-6,8-9,11,16,25H,4,7,10,12-13H2,1-2H3. The van der Waals surface area contributed by atoms with E-state index in [-0.39, 0.29) is 24.3 Å². The van der Waals surface area contributed by atoms with Gasteiger partial charge in [0.25, 0.3) is 11.8 Å². The summed E-state index contributed by atoms with van der Waals surface area (Å²) in [6.07, 6.45) is 1.84. The SMILES string of the molecule is Cc1cccc(N2C(=O)C(c3cccs3)=C(N3CCCC(CO)C3)C2=O)c1C. The molecular formula is C22H24N2O3S. The van der Waals surface area contributed by atoms with Gasteiger partial charge in [-0.25, -0.2) is 4.90 Å². The number of carbonyl (C=O) groups is 2. The summed E-state index contributed by atoms with van der Waals surface area (Å²) < 4.78 is 0. The second kappa shape index (κ2) is 7.53. The van der Waals surface area contributed by atoms with Crippen molar-refractivity contribution >= 4 is 34.4 Å². The second-order valence-electron chi connectivity index (χ2n) is 7.50. The van der Waals surface area contributed by atoms with E-state index in [0.29, 0.717) is 23.5 Å². The smallest absolute Gasteiger partial charge is 0.282 e. The van der Waals surface area contributed by atoms with Crippen LogP contribution in [0.2, 0.25) is 0 Å². The highest BCUT2D eigenvalue weighted by atomic mass is 32.1. The van der Waals surface area contributed by atoms with E-state index in [2.05, 4.69) is 0 Å². The van der Waals surface area contributed by atoms with Crippen LogP contribution in [0.1, 0.15) is 28.8 Å². The number of hydrogen-bond acceptors (Lipinski definition) is 5. The monoisotopic (exact) mass is 396 g/mol. The Morgan fingerprint density at radius 1 is 1.14 bits per heavy atom. The summed E-state index contributed by atoms with van der Waals surface area (Å²) >= 11 is 1.47. The summed E-state index contributed by atoms with van der Waals surface area (Å²) in [6, 6.07) is 9.49. The van der Waals surface area contributed by atoms with Crippen molar-refractivity contribution in [2.24, 2.45) is 5.92 Å². The molecule has 1 atom stereocenters. The van der Waals surface area contributed by atoms with Crippen LogP contribution in [0, 0.1) is 19.8 Å². The lowest BCUT2D eigenvalue weighted by atomic mass is 9.98. The minimum atomic E-state index is -0.263. The van der Waals surface area contributed by atoms with E-state index >= 15 is 0 Å². The van der Waals surface area contributed by atoms with Gasteiger partial charge in [-0.15, -0.1) is 11.3 Å². The van der Waals surface area contributed by atoms with E-state index in [4.69, 9.17) is 0 Å². The molecule has 146 valence electrons. The van der Waals surface area contributed by atoms with Crippen LogP contribution in [0.3, 0.4) is 0 Å². The molecule has 1 aromatic carbocycles. The summed E-state index contributed by atoms with van der Waals surface area (Å²) in [5.41, 5.74) is 3.59. The molecule has 0 bridgehead atoms. The molecule has 0 saturated carbocycles. The zero-order chi connectivity index (χ0) is 19.8. The van der Waals surface area contributed by atoms with Gasteiger partial charge in [-0.2, -0.15) is 0 Å². The van der Waals surface area contributed by atoms with Gasteiger partial charge in [0.1, 0.15) is 5.70 Å². The Hall–Kier alpha value is -2.44. The molecule has 1 saturated heterocycles. The number of piperidine rings is 1. The van der Waals surface area contributed by atoms with Crippen molar-refractivity contribution in [3.8, 4) is 0 Å². The second-order valence-corrected chi connectivity index (χ2v) is 8.45. The molecule has 2 aliphatic rings. The zero-order valence-corrected chi connectivity index (χ0v) is 17.0. The molecule has 1 N–H and O–H groups in total. The molecule has 1 fully saturated rings. The number of aliphatic hydroxyl groups excluding tert-OH is 1. The van der Waals surface area contributed by atoms with Crippen LogP contribution in [0.5, 0.6) is 0 Å². The molecule has 5 nitrogen and oxygen atoms in total. The lowest BCUT2D eigenvalue weighted by Gasteiger charge is -2.34. The Bertz CT molecular complexity index is 949. The Kier molecular flexibility index (Phi) is 5.08. The fourth-order valence-electron chi connectivity index (χ4n) is 4.07. The Morgan fingerprint density at radius 3 is 2.68 bits per heavy atom. The number of hydrogen-bond donors (Lipinski definition) is 1. The van der Waals surface area contributed by atoms with Gasteiger partial charge in [-0.3, -0.25) is 9.59 Å². The number of rotatable bonds is 4. The topological polar surface area (TPSA) is 60.9 Å². The fourth-order valence-corrected chi connectivity index (χ4v) is 4.83. The van der Waals surface area contributed by atoms with Crippen molar-refractivity contribution in [3.63, 3.8) is 0 Å². The van der Waals surface area contributed by atoms with Crippen LogP contribution < -0.4 is 4.90 Å². The van der Waals surface area contributed by atoms with Gasteiger partial charge in [0.05, 0.1) is 11.3 Å². The van der Waals surface area contributed by atoms with E-state index in [1.54, 1.807) is 0 Å². The van der Waals surface area contributed by atoms with E-state index in [9.17, 15) is 14.7 Å². The van der Waals surface area contributed by atoms with Gasteiger partial charge in [0.2, 0.25) is 0 Å². The van der Waals surface area contributed by atoms with Crippen LogP contribution in [-0.2, 0) is 9.59 Å². The van der Waals surface area contributed by atoms with Crippen molar-refractivity contribution in [2.75, 3.05) is 24.6 Å². The van der Waals surface area contributed by atoms with Crippen molar-refractivity contribution in [2.45, 2.75) is 26.7 Å². The van der Waals surface area contributed by atoms with Crippen LogP contribution in [0.15, 0.2) is 41.4 Å². The zero-order valence-electron chi connectivity index (χ0n) is 16.1. The molecule has 2 aliphatic heterocycles. The number of benzene rings is 1. The Morgan fingerprint density at radius 2 is 1.96 bits per heavy atom. The highest BCUT2D eigenvalue weighted by Gasteiger charge is 2.44. The van der Waals surface area contributed by atoms with Crippen molar-refractivity contribution in [1.29, 1.82) is 0 Å². The first-order valence-electron chi connectivity index (χ1n) is 9.62. The summed E-state index contributed by atoms with van der Waals surface area (Å²) in [4.78, 5) is 31.1. The molecule has 0 aliphatic carbocycles. The minimum Gasteiger partial charge on any atom is -0.396 e. The first kappa shape index (κ1) is 18.9. The van der Waals surface area contributed by atoms with Crippen molar-refractivity contribution < 1.29 is 14.7 Å².